The van der Waals surface area contributed by atoms with Crippen LogP contribution in [0.2, 0.25) is 0 Å². The highest BCUT2D eigenvalue weighted by atomic mass is 32.2. The Hall–Kier alpha value is -3.78. The monoisotopic (exact) mass is 449 g/mol. The molecule has 1 N–H and O–H groups in total. The van der Waals surface area contributed by atoms with E-state index in [1.165, 1.54) is 12.1 Å². The van der Waals surface area contributed by atoms with Crippen LogP contribution < -0.4 is 4.74 Å². The summed E-state index contributed by atoms with van der Waals surface area (Å²) < 4.78 is 11.4. The van der Waals surface area contributed by atoms with E-state index < -0.39 is 11.9 Å². The summed E-state index contributed by atoms with van der Waals surface area (Å²) in [5.41, 5.74) is 1.70. The van der Waals surface area contributed by atoms with Gasteiger partial charge in [-0.3, -0.25) is 14.5 Å². The number of hydrogen-bond donors (Lipinski definition) is 1. The number of ether oxygens (including phenoxy) is 1. The van der Waals surface area contributed by atoms with Crippen LogP contribution in [0.4, 0.5) is 4.79 Å². The zero-order chi connectivity index (χ0) is 22.7. The van der Waals surface area contributed by atoms with Crippen LogP contribution in [-0.4, -0.2) is 40.3 Å². The summed E-state index contributed by atoms with van der Waals surface area (Å²) >= 11 is 0.854. The van der Waals surface area contributed by atoms with Crippen molar-refractivity contribution in [3.8, 4) is 17.1 Å². The summed E-state index contributed by atoms with van der Waals surface area (Å²) in [5, 5.41) is 8.75. The van der Waals surface area contributed by atoms with E-state index in [4.69, 9.17) is 14.3 Å². The molecular formula is C24H19NO6S. The van der Waals surface area contributed by atoms with E-state index >= 15 is 0 Å². The van der Waals surface area contributed by atoms with Gasteiger partial charge in [-0.1, -0.05) is 24.3 Å². The van der Waals surface area contributed by atoms with E-state index in [2.05, 4.69) is 0 Å². The van der Waals surface area contributed by atoms with Gasteiger partial charge in [0.05, 0.1) is 17.0 Å². The molecule has 1 aliphatic heterocycles. The van der Waals surface area contributed by atoms with Gasteiger partial charge in [-0.25, -0.2) is 4.79 Å². The van der Waals surface area contributed by atoms with Crippen LogP contribution in [-0.2, 0) is 4.79 Å². The maximum Gasteiger partial charge on any atom is 0.335 e. The number of carboxylic acid groups (broad SMARTS) is 1. The zero-order valence-corrected chi connectivity index (χ0v) is 17.9. The standard InChI is InChI=1S/C24H19NO6S/c1-15-13-16(23(27)28)7-9-19(15)20-10-8-18(31-20)14-21-22(26)25(24(29)32-21)11-12-30-17-5-3-2-4-6-17/h2-10,13-14H,11-12H2,1H3,(H,27,28)/b21-14+. The molecule has 0 aliphatic carbocycles. The fraction of sp³-hybridized carbons (Fsp3) is 0.125. The number of hydrogen-bond acceptors (Lipinski definition) is 6. The molecule has 0 spiro atoms. The van der Waals surface area contributed by atoms with Crippen LogP contribution in [0.5, 0.6) is 5.75 Å². The molecule has 0 atom stereocenters. The minimum atomic E-state index is -0.996. The third kappa shape index (κ3) is 4.60. The number of carboxylic acids is 1. The van der Waals surface area contributed by atoms with E-state index in [1.54, 1.807) is 43.3 Å². The molecule has 0 bridgehead atoms. The first-order valence-corrected chi connectivity index (χ1v) is 10.6. The second-order valence-electron chi connectivity index (χ2n) is 7.03. The van der Waals surface area contributed by atoms with Crippen molar-refractivity contribution in [2.24, 2.45) is 0 Å². The van der Waals surface area contributed by atoms with Gasteiger partial charge in [-0.15, -0.1) is 0 Å². The molecule has 32 heavy (non-hydrogen) atoms. The van der Waals surface area contributed by atoms with Gasteiger partial charge in [0.15, 0.2) is 0 Å². The summed E-state index contributed by atoms with van der Waals surface area (Å²) in [7, 11) is 0. The Morgan fingerprint density at radius 1 is 1.12 bits per heavy atom. The van der Waals surface area contributed by atoms with Crippen molar-refractivity contribution in [2.75, 3.05) is 13.2 Å². The topological polar surface area (TPSA) is 97.0 Å². The van der Waals surface area contributed by atoms with Crippen LogP contribution in [0, 0.1) is 6.92 Å². The number of thioether (sulfide) groups is 1. The summed E-state index contributed by atoms with van der Waals surface area (Å²) in [5.74, 6) is 0.250. The Bertz CT molecular complexity index is 1210. The molecule has 2 aromatic carbocycles. The fourth-order valence-corrected chi connectivity index (χ4v) is 4.09. The summed E-state index contributed by atoms with van der Waals surface area (Å²) in [6.07, 6.45) is 1.54. The molecule has 0 saturated carbocycles. The number of carbonyl (C=O) groups is 3. The smallest absolute Gasteiger partial charge is 0.335 e. The lowest BCUT2D eigenvalue weighted by Crippen LogP contribution is -2.32. The number of benzene rings is 2. The van der Waals surface area contributed by atoms with Crippen molar-refractivity contribution >= 4 is 35.0 Å². The zero-order valence-electron chi connectivity index (χ0n) is 17.1. The molecule has 162 valence electrons. The molecular weight excluding hydrogens is 430 g/mol. The number of rotatable bonds is 7. The molecule has 2 heterocycles. The minimum absolute atomic E-state index is 0.148. The number of aryl methyl sites for hydroxylation is 1. The molecule has 1 aliphatic rings. The Balaban J connectivity index is 1.44. The summed E-state index contributed by atoms with van der Waals surface area (Å²) in [6.45, 7) is 2.15. The molecule has 0 unspecified atom stereocenters. The second kappa shape index (κ2) is 9.15. The number of para-hydroxylation sites is 1. The van der Waals surface area contributed by atoms with Crippen LogP contribution in [0.25, 0.3) is 17.4 Å². The number of carbonyl (C=O) groups excluding carboxylic acids is 2. The first-order valence-electron chi connectivity index (χ1n) is 9.80. The molecule has 8 heteroatoms. The van der Waals surface area contributed by atoms with Gasteiger partial charge in [-0.2, -0.15) is 0 Å². The molecule has 1 saturated heterocycles. The van der Waals surface area contributed by atoms with Gasteiger partial charge in [0.25, 0.3) is 11.1 Å². The number of amides is 2. The molecule has 1 aromatic heterocycles. The molecule has 3 aromatic rings. The third-order valence-corrected chi connectivity index (χ3v) is 5.75. The Morgan fingerprint density at radius 3 is 2.62 bits per heavy atom. The van der Waals surface area contributed by atoms with Gasteiger partial charge in [-0.05, 0) is 60.6 Å². The number of imide groups is 1. The first-order chi connectivity index (χ1) is 15.4. The Morgan fingerprint density at radius 2 is 1.91 bits per heavy atom. The van der Waals surface area contributed by atoms with E-state index in [1.807, 2.05) is 18.2 Å². The Kier molecular flexibility index (Phi) is 6.13. The highest BCUT2D eigenvalue weighted by molar-refractivity contribution is 8.18. The lowest BCUT2D eigenvalue weighted by Gasteiger charge is -2.13. The lowest BCUT2D eigenvalue weighted by molar-refractivity contribution is -0.123. The number of nitrogens with zero attached hydrogens (tertiary/aromatic N) is 1. The third-order valence-electron chi connectivity index (χ3n) is 4.84. The van der Waals surface area contributed by atoms with E-state index in [9.17, 15) is 14.4 Å². The second-order valence-corrected chi connectivity index (χ2v) is 8.02. The molecule has 2 amide bonds. The van der Waals surface area contributed by atoms with E-state index in [0.717, 1.165) is 27.8 Å². The predicted octanol–water partition coefficient (Wildman–Crippen LogP) is 5.07. The molecule has 7 nitrogen and oxygen atoms in total. The highest BCUT2D eigenvalue weighted by Crippen LogP contribution is 2.33. The van der Waals surface area contributed by atoms with Crippen molar-refractivity contribution in [1.82, 2.24) is 4.90 Å². The normalized spacial score (nSPS) is 14.9. The molecule has 4 rings (SSSR count). The molecule has 1 fully saturated rings. The minimum Gasteiger partial charge on any atom is -0.492 e. The first kappa shape index (κ1) is 21.5. The van der Waals surface area contributed by atoms with Crippen LogP contribution >= 0.6 is 11.8 Å². The summed E-state index contributed by atoms with van der Waals surface area (Å²) in [4.78, 5) is 37.5. The van der Waals surface area contributed by atoms with Crippen molar-refractivity contribution in [1.29, 1.82) is 0 Å². The van der Waals surface area contributed by atoms with Crippen LogP contribution in [0.1, 0.15) is 21.7 Å². The SMILES string of the molecule is Cc1cc(C(=O)O)ccc1-c1ccc(/C=C2/SC(=O)N(CCOc3ccccc3)C2=O)o1. The van der Waals surface area contributed by atoms with Crippen molar-refractivity contribution in [2.45, 2.75) is 6.92 Å². The van der Waals surface area contributed by atoms with Crippen LogP contribution in [0.3, 0.4) is 0 Å². The van der Waals surface area contributed by atoms with Crippen molar-refractivity contribution in [3.63, 3.8) is 0 Å². The van der Waals surface area contributed by atoms with Crippen molar-refractivity contribution < 1.29 is 28.6 Å². The maximum absolute atomic E-state index is 12.7. The largest absolute Gasteiger partial charge is 0.492 e. The fourth-order valence-electron chi connectivity index (χ4n) is 3.24. The maximum atomic E-state index is 12.7. The van der Waals surface area contributed by atoms with E-state index in [0.29, 0.717) is 17.3 Å². The lowest BCUT2D eigenvalue weighted by atomic mass is 10.0. The number of furan rings is 1. The van der Waals surface area contributed by atoms with Gasteiger partial charge in [0, 0.05) is 11.6 Å². The van der Waals surface area contributed by atoms with Crippen molar-refractivity contribution in [3.05, 3.63) is 82.5 Å². The van der Waals surface area contributed by atoms with Gasteiger partial charge in [0.2, 0.25) is 0 Å². The molecule has 0 radical (unpaired) electrons. The van der Waals surface area contributed by atoms with Gasteiger partial charge >= 0.3 is 5.97 Å². The van der Waals surface area contributed by atoms with E-state index in [-0.39, 0.29) is 28.9 Å². The summed E-state index contributed by atoms with van der Waals surface area (Å²) in [6, 6.07) is 17.4. The average molecular weight is 449 g/mol. The predicted molar refractivity (Wildman–Crippen MR) is 120 cm³/mol. The average Bonchev–Trinajstić information content (AvgIpc) is 3.34. The Labute approximate surface area is 188 Å². The van der Waals surface area contributed by atoms with Gasteiger partial charge in [0.1, 0.15) is 23.9 Å². The van der Waals surface area contributed by atoms with Crippen LogP contribution in [0.15, 0.2) is 70.0 Å². The quantitative estimate of drug-likeness (QED) is 0.503. The van der Waals surface area contributed by atoms with Gasteiger partial charge < -0.3 is 14.3 Å². The number of aromatic carboxylic acids is 1. The highest BCUT2D eigenvalue weighted by Gasteiger charge is 2.35.